The Bertz CT molecular complexity index is 1140. The van der Waals surface area contributed by atoms with Crippen LogP contribution in [0.1, 0.15) is 34.7 Å². The standard InChI is InChI=1S/C19H14F7N5O2/c1-10(15-28-9-29-31(15)16-14(20)3-2-4-27-16)30-17(32)11-5-12(19(24,25)26)7-13(6-11)33-8-18(21,22)23/h2-7,9-10H,8H2,1H3,(H,30,32). The molecule has 1 unspecified atom stereocenters. The first-order valence-electron chi connectivity index (χ1n) is 9.08. The molecule has 1 aromatic carbocycles. The number of nitrogens with one attached hydrogen (secondary N) is 1. The van der Waals surface area contributed by atoms with Crippen LogP contribution < -0.4 is 10.1 Å². The predicted octanol–water partition coefficient (Wildman–Crippen LogP) is 4.25. The number of aromatic nitrogens is 4. The summed E-state index contributed by atoms with van der Waals surface area (Å²) in [5.41, 5.74) is -1.98. The van der Waals surface area contributed by atoms with Crippen LogP contribution in [0, 0.1) is 5.82 Å². The molecular formula is C19H14F7N5O2. The highest BCUT2D eigenvalue weighted by atomic mass is 19.4. The third-order valence-electron chi connectivity index (χ3n) is 4.15. The molecule has 0 radical (unpaired) electrons. The van der Waals surface area contributed by atoms with E-state index in [-0.39, 0.29) is 11.6 Å². The van der Waals surface area contributed by atoms with Gasteiger partial charge in [-0.2, -0.15) is 36.1 Å². The summed E-state index contributed by atoms with van der Waals surface area (Å²) in [5, 5.41) is 6.18. The molecule has 7 nitrogen and oxygen atoms in total. The van der Waals surface area contributed by atoms with Crippen molar-refractivity contribution < 1.29 is 40.3 Å². The van der Waals surface area contributed by atoms with E-state index in [1.54, 1.807) is 0 Å². The van der Waals surface area contributed by atoms with Gasteiger partial charge >= 0.3 is 12.4 Å². The summed E-state index contributed by atoms with van der Waals surface area (Å²) < 4.78 is 96.1. The van der Waals surface area contributed by atoms with Crippen molar-refractivity contribution in [2.45, 2.75) is 25.3 Å². The molecule has 0 aliphatic carbocycles. The van der Waals surface area contributed by atoms with Crippen LogP contribution in [0.25, 0.3) is 5.82 Å². The van der Waals surface area contributed by atoms with Crippen molar-refractivity contribution in [3.8, 4) is 11.6 Å². The average molecular weight is 477 g/mol. The van der Waals surface area contributed by atoms with Crippen LogP contribution in [0.4, 0.5) is 30.7 Å². The molecule has 1 amide bonds. The van der Waals surface area contributed by atoms with Crippen LogP contribution >= 0.6 is 0 Å². The monoisotopic (exact) mass is 477 g/mol. The molecule has 3 aromatic rings. The first-order valence-corrected chi connectivity index (χ1v) is 9.08. The molecule has 0 aliphatic heterocycles. The molecule has 176 valence electrons. The normalized spacial score (nSPS) is 13.0. The van der Waals surface area contributed by atoms with Gasteiger partial charge in [0.15, 0.2) is 24.1 Å². The molecule has 2 aromatic heterocycles. The van der Waals surface area contributed by atoms with Gasteiger partial charge in [0.1, 0.15) is 12.1 Å². The maximum Gasteiger partial charge on any atom is 0.422 e. The molecule has 1 atom stereocenters. The lowest BCUT2D eigenvalue weighted by molar-refractivity contribution is -0.153. The summed E-state index contributed by atoms with van der Waals surface area (Å²) in [5.74, 6) is -2.83. The minimum atomic E-state index is -4.95. The summed E-state index contributed by atoms with van der Waals surface area (Å²) in [6.07, 6.45) is -7.40. The number of halogens is 7. The molecule has 0 bridgehead atoms. The summed E-state index contributed by atoms with van der Waals surface area (Å²) in [6, 6.07) is 3.01. The van der Waals surface area contributed by atoms with Gasteiger partial charge in [-0.1, -0.05) is 0 Å². The second-order valence-corrected chi connectivity index (χ2v) is 6.68. The van der Waals surface area contributed by atoms with Crippen molar-refractivity contribution in [2.75, 3.05) is 6.61 Å². The number of nitrogens with zero attached hydrogens (tertiary/aromatic N) is 4. The fourth-order valence-corrected chi connectivity index (χ4v) is 2.73. The van der Waals surface area contributed by atoms with Crippen molar-refractivity contribution in [3.05, 3.63) is 65.6 Å². The molecular weight excluding hydrogens is 463 g/mol. The largest absolute Gasteiger partial charge is 0.484 e. The number of alkyl halides is 6. The summed E-state index contributed by atoms with van der Waals surface area (Å²) in [7, 11) is 0. The summed E-state index contributed by atoms with van der Waals surface area (Å²) in [6.45, 7) is -0.446. The van der Waals surface area contributed by atoms with Crippen LogP contribution in [0.5, 0.6) is 5.75 Å². The molecule has 0 saturated heterocycles. The minimum Gasteiger partial charge on any atom is -0.484 e. The minimum absolute atomic E-state index is 0.00136. The highest BCUT2D eigenvalue weighted by molar-refractivity contribution is 5.95. The Labute approximate surface area is 181 Å². The third kappa shape index (κ3) is 5.96. The van der Waals surface area contributed by atoms with Crippen LogP contribution in [0.2, 0.25) is 0 Å². The SMILES string of the molecule is CC(NC(=O)c1cc(OCC(F)(F)F)cc(C(F)(F)F)c1)c1ncnn1-c1ncccc1F. The van der Waals surface area contributed by atoms with Crippen molar-refractivity contribution >= 4 is 5.91 Å². The van der Waals surface area contributed by atoms with Gasteiger partial charge in [-0.15, -0.1) is 0 Å². The second kappa shape index (κ2) is 9.03. The van der Waals surface area contributed by atoms with Gasteiger partial charge in [0.25, 0.3) is 5.91 Å². The van der Waals surface area contributed by atoms with Gasteiger partial charge in [0.2, 0.25) is 0 Å². The van der Waals surface area contributed by atoms with Gasteiger partial charge in [0.05, 0.1) is 11.6 Å². The van der Waals surface area contributed by atoms with Gasteiger partial charge < -0.3 is 10.1 Å². The van der Waals surface area contributed by atoms with Crippen LogP contribution in [-0.4, -0.2) is 38.4 Å². The lowest BCUT2D eigenvalue weighted by atomic mass is 10.1. The fourth-order valence-electron chi connectivity index (χ4n) is 2.73. The Morgan fingerprint density at radius 2 is 1.88 bits per heavy atom. The number of ether oxygens (including phenoxy) is 1. The Kier molecular flexibility index (Phi) is 6.56. The topological polar surface area (TPSA) is 81.9 Å². The van der Waals surface area contributed by atoms with Crippen molar-refractivity contribution in [2.24, 2.45) is 0 Å². The van der Waals surface area contributed by atoms with Crippen LogP contribution in [0.3, 0.4) is 0 Å². The zero-order chi connectivity index (χ0) is 24.4. The zero-order valence-corrected chi connectivity index (χ0v) is 16.6. The van der Waals surface area contributed by atoms with Crippen molar-refractivity contribution in [1.82, 2.24) is 25.1 Å². The van der Waals surface area contributed by atoms with Crippen LogP contribution in [-0.2, 0) is 6.18 Å². The highest BCUT2D eigenvalue weighted by Crippen LogP contribution is 2.33. The second-order valence-electron chi connectivity index (χ2n) is 6.68. The van der Waals surface area contributed by atoms with Gasteiger partial charge in [-0.3, -0.25) is 4.79 Å². The Balaban J connectivity index is 1.87. The first kappa shape index (κ1) is 23.9. The van der Waals surface area contributed by atoms with E-state index in [9.17, 15) is 35.5 Å². The van der Waals surface area contributed by atoms with E-state index in [0.29, 0.717) is 12.1 Å². The maximum absolute atomic E-state index is 14.0. The number of rotatable bonds is 6. The lowest BCUT2D eigenvalue weighted by Gasteiger charge is -2.17. The van der Waals surface area contributed by atoms with E-state index < -0.39 is 53.6 Å². The van der Waals surface area contributed by atoms with E-state index in [0.717, 1.165) is 23.1 Å². The third-order valence-corrected chi connectivity index (χ3v) is 4.15. The number of hydrogen-bond acceptors (Lipinski definition) is 5. The summed E-state index contributed by atoms with van der Waals surface area (Å²) >= 11 is 0. The number of amides is 1. The highest BCUT2D eigenvalue weighted by Gasteiger charge is 2.33. The Morgan fingerprint density at radius 1 is 1.15 bits per heavy atom. The van der Waals surface area contributed by atoms with Gasteiger partial charge in [0, 0.05) is 11.8 Å². The van der Waals surface area contributed by atoms with Crippen molar-refractivity contribution in [1.29, 1.82) is 0 Å². The smallest absolute Gasteiger partial charge is 0.422 e. The first-order chi connectivity index (χ1) is 15.3. The Morgan fingerprint density at radius 3 is 2.52 bits per heavy atom. The lowest BCUT2D eigenvalue weighted by Crippen LogP contribution is -2.29. The van der Waals surface area contributed by atoms with Gasteiger partial charge in [-0.05, 0) is 37.3 Å². The van der Waals surface area contributed by atoms with Crippen molar-refractivity contribution in [3.63, 3.8) is 0 Å². The molecule has 2 heterocycles. The van der Waals surface area contributed by atoms with E-state index in [1.807, 2.05) is 0 Å². The predicted molar refractivity (Wildman–Crippen MR) is 98.0 cm³/mol. The van der Waals surface area contributed by atoms with E-state index in [4.69, 9.17) is 0 Å². The number of hydrogen-bond donors (Lipinski definition) is 1. The maximum atomic E-state index is 14.0. The van der Waals surface area contributed by atoms with E-state index in [2.05, 4.69) is 25.1 Å². The molecule has 14 heteroatoms. The average Bonchev–Trinajstić information content (AvgIpc) is 3.21. The molecule has 1 N–H and O–H groups in total. The number of carbonyl (C=O) groups excluding carboxylic acids is 1. The van der Waals surface area contributed by atoms with Gasteiger partial charge in [-0.25, -0.2) is 14.4 Å². The number of benzene rings is 1. The van der Waals surface area contributed by atoms with Crippen LogP contribution in [0.15, 0.2) is 42.9 Å². The summed E-state index contributed by atoms with van der Waals surface area (Å²) in [4.78, 5) is 20.3. The zero-order valence-electron chi connectivity index (χ0n) is 16.6. The molecule has 0 saturated carbocycles. The number of carbonyl (C=O) groups is 1. The Hall–Kier alpha value is -3.71. The molecule has 3 rings (SSSR count). The molecule has 0 fully saturated rings. The quantitative estimate of drug-likeness (QED) is 0.537. The van der Waals surface area contributed by atoms with E-state index >= 15 is 0 Å². The number of pyridine rings is 1. The molecule has 0 spiro atoms. The molecule has 0 aliphatic rings. The fraction of sp³-hybridized carbons (Fsp3) is 0.263. The molecule has 33 heavy (non-hydrogen) atoms. The van der Waals surface area contributed by atoms with E-state index in [1.165, 1.54) is 19.2 Å².